The Morgan fingerprint density at radius 1 is 1.19 bits per heavy atom. The van der Waals surface area contributed by atoms with Gasteiger partial charge in [-0.15, -0.1) is 11.6 Å². The Labute approximate surface area is 140 Å². The van der Waals surface area contributed by atoms with Crippen molar-refractivity contribution < 1.29 is 13.2 Å². The Balaban J connectivity index is 2.44. The molecule has 2 unspecified atom stereocenters. The number of benzene rings is 1. The predicted molar refractivity (Wildman–Crippen MR) is 84.8 cm³/mol. The molecular weight excluding hydrogens is 357 g/mol. The molecule has 1 heterocycles. The van der Waals surface area contributed by atoms with Gasteiger partial charge in [0, 0.05) is 24.0 Å². The number of nitrogens with zero attached hydrogens (tertiary/aromatic N) is 1. The van der Waals surface area contributed by atoms with Gasteiger partial charge in [-0.25, -0.2) is 8.42 Å². The van der Waals surface area contributed by atoms with Gasteiger partial charge in [0.05, 0.1) is 17.2 Å². The number of rotatable bonds is 3. The van der Waals surface area contributed by atoms with Gasteiger partial charge in [-0.1, -0.05) is 23.2 Å². The number of halogens is 3. The molecule has 1 aromatic carbocycles. The standard InChI is InChI=1S/C13H16Cl3NO3S/c1-8-6-17(7-9(2)20-8)21(18,19)13-3-10(5-14)11(15)4-12(13)16/h3-4,8-9H,5-7H2,1-2H3. The van der Waals surface area contributed by atoms with Crippen LogP contribution in [-0.4, -0.2) is 38.0 Å². The van der Waals surface area contributed by atoms with Gasteiger partial charge in [0.2, 0.25) is 10.0 Å². The molecule has 1 aliphatic rings. The molecule has 0 saturated carbocycles. The van der Waals surface area contributed by atoms with Crippen molar-refractivity contribution in [3.05, 3.63) is 27.7 Å². The number of alkyl halides is 1. The first-order valence-corrected chi connectivity index (χ1v) is 9.18. The smallest absolute Gasteiger partial charge is 0.244 e. The van der Waals surface area contributed by atoms with Gasteiger partial charge in [-0.05, 0) is 31.5 Å². The highest BCUT2D eigenvalue weighted by Gasteiger charge is 2.33. The molecule has 4 nitrogen and oxygen atoms in total. The first-order chi connectivity index (χ1) is 9.75. The number of morpholine rings is 1. The molecule has 0 aliphatic carbocycles. The summed E-state index contributed by atoms with van der Waals surface area (Å²) >= 11 is 17.8. The zero-order valence-corrected chi connectivity index (χ0v) is 14.7. The van der Waals surface area contributed by atoms with Crippen molar-refractivity contribution in [2.75, 3.05) is 13.1 Å². The molecule has 1 aliphatic heterocycles. The van der Waals surface area contributed by atoms with Gasteiger partial charge in [-0.2, -0.15) is 4.31 Å². The summed E-state index contributed by atoms with van der Waals surface area (Å²) in [5, 5.41) is 0.457. The minimum atomic E-state index is -3.70. The number of sulfonamides is 1. The topological polar surface area (TPSA) is 46.6 Å². The van der Waals surface area contributed by atoms with E-state index in [0.29, 0.717) is 23.7 Å². The third-order valence-corrected chi connectivity index (χ3v) is 6.18. The average molecular weight is 373 g/mol. The van der Waals surface area contributed by atoms with Crippen LogP contribution >= 0.6 is 34.8 Å². The molecule has 0 amide bonds. The second-order valence-electron chi connectivity index (χ2n) is 5.09. The molecule has 0 aromatic heterocycles. The van der Waals surface area contributed by atoms with Crippen LogP contribution in [0.3, 0.4) is 0 Å². The summed E-state index contributed by atoms with van der Waals surface area (Å²) in [5.74, 6) is 0.119. The van der Waals surface area contributed by atoms with E-state index in [1.54, 1.807) is 0 Å². The summed E-state index contributed by atoms with van der Waals surface area (Å²) in [5.41, 5.74) is 0.538. The Morgan fingerprint density at radius 3 is 2.29 bits per heavy atom. The highest BCUT2D eigenvalue weighted by molar-refractivity contribution is 7.89. The molecule has 2 rings (SSSR count). The SMILES string of the molecule is CC1CN(S(=O)(=O)c2cc(CCl)c(Cl)cc2Cl)CC(C)O1. The minimum Gasteiger partial charge on any atom is -0.373 e. The van der Waals surface area contributed by atoms with E-state index < -0.39 is 10.0 Å². The number of ether oxygens (including phenoxy) is 1. The maximum absolute atomic E-state index is 12.8. The largest absolute Gasteiger partial charge is 0.373 e. The van der Waals surface area contributed by atoms with Crippen molar-refractivity contribution >= 4 is 44.8 Å². The van der Waals surface area contributed by atoms with E-state index >= 15 is 0 Å². The molecule has 0 N–H and O–H groups in total. The molecule has 118 valence electrons. The van der Waals surface area contributed by atoms with Crippen LogP contribution in [0.15, 0.2) is 17.0 Å². The fourth-order valence-electron chi connectivity index (χ4n) is 2.34. The van der Waals surface area contributed by atoms with Gasteiger partial charge in [0.15, 0.2) is 0 Å². The van der Waals surface area contributed by atoms with E-state index in [2.05, 4.69) is 0 Å². The fraction of sp³-hybridized carbons (Fsp3) is 0.538. The lowest BCUT2D eigenvalue weighted by molar-refractivity contribution is -0.0440. The molecule has 0 radical (unpaired) electrons. The second kappa shape index (κ2) is 6.60. The summed E-state index contributed by atoms with van der Waals surface area (Å²) < 4.78 is 32.5. The highest BCUT2D eigenvalue weighted by Crippen LogP contribution is 2.32. The zero-order chi connectivity index (χ0) is 15.8. The molecule has 0 bridgehead atoms. The summed E-state index contributed by atoms with van der Waals surface area (Å²) in [7, 11) is -3.70. The predicted octanol–water partition coefficient (Wildman–Crippen LogP) is 3.53. The lowest BCUT2D eigenvalue weighted by Crippen LogP contribution is -2.48. The van der Waals surface area contributed by atoms with Crippen molar-refractivity contribution in [3.8, 4) is 0 Å². The van der Waals surface area contributed by atoms with Crippen LogP contribution < -0.4 is 0 Å². The first-order valence-electron chi connectivity index (χ1n) is 6.45. The summed E-state index contributed by atoms with van der Waals surface area (Å²) in [6, 6.07) is 2.86. The highest BCUT2D eigenvalue weighted by atomic mass is 35.5. The normalized spacial score (nSPS) is 24.2. The van der Waals surface area contributed by atoms with Crippen LogP contribution in [0.4, 0.5) is 0 Å². The Hall–Kier alpha value is -0.0400. The van der Waals surface area contributed by atoms with E-state index in [9.17, 15) is 8.42 Å². The van der Waals surface area contributed by atoms with Crippen molar-refractivity contribution in [3.63, 3.8) is 0 Å². The van der Waals surface area contributed by atoms with E-state index in [0.717, 1.165) is 0 Å². The summed E-state index contributed by atoms with van der Waals surface area (Å²) in [6.45, 7) is 4.27. The monoisotopic (exact) mass is 371 g/mol. The summed E-state index contributed by atoms with van der Waals surface area (Å²) in [6.07, 6.45) is -0.329. The Bertz CT molecular complexity index is 626. The molecule has 0 spiro atoms. The zero-order valence-electron chi connectivity index (χ0n) is 11.6. The molecular formula is C13H16Cl3NO3S. The second-order valence-corrected chi connectivity index (χ2v) is 8.08. The first kappa shape index (κ1) is 17.3. The van der Waals surface area contributed by atoms with E-state index in [1.165, 1.54) is 16.4 Å². The van der Waals surface area contributed by atoms with Gasteiger partial charge in [0.1, 0.15) is 4.90 Å². The third kappa shape index (κ3) is 3.66. The van der Waals surface area contributed by atoms with Gasteiger partial charge in [-0.3, -0.25) is 0 Å². The van der Waals surface area contributed by atoms with Gasteiger partial charge < -0.3 is 4.74 Å². The van der Waals surface area contributed by atoms with Crippen LogP contribution in [-0.2, 0) is 20.6 Å². The van der Waals surface area contributed by atoms with Crippen LogP contribution in [0.1, 0.15) is 19.4 Å². The van der Waals surface area contributed by atoms with E-state index in [-0.39, 0.29) is 28.0 Å². The van der Waals surface area contributed by atoms with E-state index in [1.807, 2.05) is 13.8 Å². The van der Waals surface area contributed by atoms with Crippen LogP contribution in [0.2, 0.25) is 10.0 Å². The maximum Gasteiger partial charge on any atom is 0.244 e. The molecule has 1 aromatic rings. The van der Waals surface area contributed by atoms with Crippen molar-refractivity contribution in [2.24, 2.45) is 0 Å². The van der Waals surface area contributed by atoms with E-state index in [4.69, 9.17) is 39.5 Å². The molecule has 1 fully saturated rings. The van der Waals surface area contributed by atoms with Crippen LogP contribution in [0, 0.1) is 0 Å². The third-order valence-electron chi connectivity index (χ3n) is 3.25. The fourth-order valence-corrected chi connectivity index (χ4v) is 5.06. The van der Waals surface area contributed by atoms with Crippen LogP contribution in [0.25, 0.3) is 0 Å². The molecule has 2 atom stereocenters. The number of hydrogen-bond donors (Lipinski definition) is 0. The quantitative estimate of drug-likeness (QED) is 0.763. The average Bonchev–Trinajstić information content (AvgIpc) is 2.37. The lowest BCUT2D eigenvalue weighted by Gasteiger charge is -2.34. The number of hydrogen-bond acceptors (Lipinski definition) is 3. The molecule has 8 heteroatoms. The van der Waals surface area contributed by atoms with Gasteiger partial charge >= 0.3 is 0 Å². The van der Waals surface area contributed by atoms with Crippen molar-refractivity contribution in [2.45, 2.75) is 36.8 Å². The van der Waals surface area contributed by atoms with Crippen LogP contribution in [0.5, 0.6) is 0 Å². The maximum atomic E-state index is 12.8. The Morgan fingerprint density at radius 2 is 1.76 bits per heavy atom. The van der Waals surface area contributed by atoms with Crippen molar-refractivity contribution in [1.29, 1.82) is 0 Å². The molecule has 21 heavy (non-hydrogen) atoms. The molecule has 1 saturated heterocycles. The lowest BCUT2D eigenvalue weighted by atomic mass is 10.2. The minimum absolute atomic E-state index is 0.0329. The Kier molecular flexibility index (Phi) is 5.45. The van der Waals surface area contributed by atoms with Gasteiger partial charge in [0.25, 0.3) is 0 Å². The van der Waals surface area contributed by atoms with Crippen molar-refractivity contribution in [1.82, 2.24) is 4.31 Å². The summed E-state index contributed by atoms with van der Waals surface area (Å²) in [4.78, 5) is 0.0329.